The zero-order chi connectivity index (χ0) is 20.4. The van der Waals surface area contributed by atoms with Gasteiger partial charge < -0.3 is 4.90 Å². The summed E-state index contributed by atoms with van der Waals surface area (Å²) in [6.07, 6.45) is 4.14. The van der Waals surface area contributed by atoms with Gasteiger partial charge >= 0.3 is 0 Å². The van der Waals surface area contributed by atoms with E-state index in [0.717, 1.165) is 11.4 Å². The SMILES string of the molecule is CC(C)[C@@H](c1nnnn1[C@H](/C=C/c1ccc(Cl)cc1Cl)C(C)(C)C)[NH+](C)C. The number of benzene rings is 1. The van der Waals surface area contributed by atoms with Crippen molar-refractivity contribution in [3.8, 4) is 0 Å². The second kappa shape index (κ2) is 8.72. The van der Waals surface area contributed by atoms with Gasteiger partial charge in [0, 0.05) is 16.0 Å². The Morgan fingerprint density at radius 1 is 1.15 bits per heavy atom. The van der Waals surface area contributed by atoms with Crippen LogP contribution in [0.25, 0.3) is 6.08 Å². The van der Waals surface area contributed by atoms with Crippen molar-refractivity contribution in [3.05, 3.63) is 45.7 Å². The molecule has 0 aliphatic rings. The maximum atomic E-state index is 6.33. The van der Waals surface area contributed by atoms with Gasteiger partial charge in [-0.05, 0) is 33.5 Å². The lowest BCUT2D eigenvalue weighted by atomic mass is 9.86. The molecule has 0 saturated carbocycles. The van der Waals surface area contributed by atoms with Crippen molar-refractivity contribution >= 4 is 29.3 Å². The molecule has 27 heavy (non-hydrogen) atoms. The Hall–Kier alpha value is -1.43. The maximum Gasteiger partial charge on any atom is 0.210 e. The van der Waals surface area contributed by atoms with E-state index in [2.05, 4.69) is 70.3 Å². The molecule has 0 aliphatic heterocycles. The fraction of sp³-hybridized carbons (Fsp3) is 0.550. The highest BCUT2D eigenvalue weighted by Gasteiger charge is 2.34. The van der Waals surface area contributed by atoms with Gasteiger partial charge in [0.1, 0.15) is 0 Å². The maximum absolute atomic E-state index is 6.33. The Morgan fingerprint density at radius 2 is 1.81 bits per heavy atom. The van der Waals surface area contributed by atoms with Gasteiger partial charge in [0.05, 0.1) is 20.1 Å². The van der Waals surface area contributed by atoms with Crippen LogP contribution >= 0.6 is 23.2 Å². The fourth-order valence-electron chi connectivity index (χ4n) is 3.39. The summed E-state index contributed by atoms with van der Waals surface area (Å²) in [5.74, 6) is 1.31. The van der Waals surface area contributed by atoms with E-state index in [0.29, 0.717) is 16.0 Å². The lowest BCUT2D eigenvalue weighted by Gasteiger charge is -2.31. The molecule has 1 aromatic carbocycles. The molecule has 5 nitrogen and oxygen atoms in total. The van der Waals surface area contributed by atoms with Crippen LogP contribution < -0.4 is 4.90 Å². The van der Waals surface area contributed by atoms with Crippen LogP contribution in [0, 0.1) is 11.3 Å². The number of nitrogens with zero attached hydrogens (tertiary/aromatic N) is 4. The summed E-state index contributed by atoms with van der Waals surface area (Å²) in [6.45, 7) is 11.0. The molecule has 2 aromatic rings. The van der Waals surface area contributed by atoms with Gasteiger partial charge in [0.15, 0.2) is 6.04 Å². The van der Waals surface area contributed by atoms with Crippen molar-refractivity contribution in [1.82, 2.24) is 20.2 Å². The first-order valence-corrected chi connectivity index (χ1v) is 9.99. The summed E-state index contributed by atoms with van der Waals surface area (Å²) in [4.78, 5) is 1.30. The van der Waals surface area contributed by atoms with Gasteiger partial charge in [-0.15, -0.1) is 5.10 Å². The molecular weight excluding hydrogens is 381 g/mol. The molecule has 0 amide bonds. The average Bonchev–Trinajstić information content (AvgIpc) is 2.96. The highest BCUT2D eigenvalue weighted by Crippen LogP contribution is 2.34. The minimum absolute atomic E-state index is 0.0187. The summed E-state index contributed by atoms with van der Waals surface area (Å²) in [7, 11) is 4.28. The average molecular weight is 411 g/mol. The molecule has 1 N–H and O–H groups in total. The van der Waals surface area contributed by atoms with Gasteiger partial charge in [-0.25, -0.2) is 4.68 Å². The van der Waals surface area contributed by atoms with Crippen LogP contribution in [-0.2, 0) is 0 Å². The summed E-state index contributed by atoms with van der Waals surface area (Å²) < 4.78 is 1.96. The quantitative estimate of drug-likeness (QED) is 0.778. The first-order valence-electron chi connectivity index (χ1n) is 9.23. The van der Waals surface area contributed by atoms with Crippen LogP contribution in [0.4, 0.5) is 0 Å². The number of hydrogen-bond donors (Lipinski definition) is 1. The van der Waals surface area contributed by atoms with E-state index in [9.17, 15) is 0 Å². The van der Waals surface area contributed by atoms with Gasteiger partial charge in [0.2, 0.25) is 5.82 Å². The van der Waals surface area contributed by atoms with Crippen molar-refractivity contribution in [3.63, 3.8) is 0 Å². The van der Waals surface area contributed by atoms with Gasteiger partial charge in [-0.1, -0.05) is 76.0 Å². The van der Waals surface area contributed by atoms with E-state index in [4.69, 9.17) is 23.2 Å². The molecule has 7 heteroatoms. The Bertz CT molecular complexity index is 782. The Morgan fingerprint density at radius 3 is 2.33 bits per heavy atom. The van der Waals surface area contributed by atoms with Crippen molar-refractivity contribution in [2.24, 2.45) is 11.3 Å². The summed E-state index contributed by atoms with van der Waals surface area (Å²) >= 11 is 12.3. The lowest BCUT2D eigenvalue weighted by molar-refractivity contribution is -0.897. The smallest absolute Gasteiger partial charge is 0.210 e. The van der Waals surface area contributed by atoms with E-state index in [1.54, 1.807) is 6.07 Å². The third-order valence-electron chi connectivity index (χ3n) is 4.66. The molecule has 0 spiro atoms. The zero-order valence-corrected chi connectivity index (χ0v) is 18.7. The van der Waals surface area contributed by atoms with Crippen LogP contribution in [0.2, 0.25) is 10.0 Å². The fourth-order valence-corrected chi connectivity index (χ4v) is 3.87. The molecule has 0 aliphatic carbocycles. The van der Waals surface area contributed by atoms with Crippen molar-refractivity contribution in [2.75, 3.05) is 14.1 Å². The van der Waals surface area contributed by atoms with Crippen LogP contribution in [0.15, 0.2) is 24.3 Å². The van der Waals surface area contributed by atoms with Crippen LogP contribution in [0.1, 0.15) is 58.1 Å². The Kier molecular flexibility index (Phi) is 7.06. The third-order valence-corrected chi connectivity index (χ3v) is 5.22. The van der Waals surface area contributed by atoms with E-state index in [1.807, 2.05) is 22.9 Å². The van der Waals surface area contributed by atoms with Crippen LogP contribution in [0.3, 0.4) is 0 Å². The number of aromatic nitrogens is 4. The van der Waals surface area contributed by atoms with Crippen molar-refractivity contribution in [1.29, 1.82) is 0 Å². The lowest BCUT2D eigenvalue weighted by Crippen LogP contribution is -3.07. The van der Waals surface area contributed by atoms with Gasteiger partial charge in [-0.2, -0.15) is 0 Å². The molecule has 1 heterocycles. The molecule has 2 atom stereocenters. The summed E-state index contributed by atoms with van der Waals surface area (Å²) in [5.41, 5.74) is 0.839. The Labute approximate surface area is 172 Å². The molecule has 0 radical (unpaired) electrons. The molecule has 0 fully saturated rings. The summed E-state index contributed by atoms with van der Waals surface area (Å²) in [5, 5.41) is 14.0. The van der Waals surface area contributed by atoms with Gasteiger partial charge in [-0.3, -0.25) is 0 Å². The second-order valence-electron chi connectivity index (χ2n) is 8.62. The summed E-state index contributed by atoms with van der Waals surface area (Å²) in [6, 6.07) is 5.70. The third kappa shape index (κ3) is 5.31. The number of tetrazole rings is 1. The topological polar surface area (TPSA) is 48.0 Å². The number of nitrogens with one attached hydrogen (secondary N) is 1. The highest BCUT2D eigenvalue weighted by molar-refractivity contribution is 6.35. The zero-order valence-electron chi connectivity index (χ0n) is 17.2. The normalized spacial score (nSPS) is 15.1. The number of allylic oxidation sites excluding steroid dienone is 1. The second-order valence-corrected chi connectivity index (χ2v) is 9.46. The van der Waals surface area contributed by atoms with Crippen molar-refractivity contribution < 1.29 is 4.90 Å². The van der Waals surface area contributed by atoms with Crippen LogP contribution in [0.5, 0.6) is 0 Å². The molecule has 0 saturated heterocycles. The number of hydrogen-bond acceptors (Lipinski definition) is 3. The van der Waals surface area contributed by atoms with E-state index >= 15 is 0 Å². The first-order chi connectivity index (χ1) is 12.5. The standard InChI is InChI=1S/C20H29Cl2N5/c1-13(2)18(26(6)7)19-23-24-25-27(19)17(20(3,4)5)11-9-14-8-10-15(21)12-16(14)22/h8-13,17-18H,1-7H3/p+1/b11-9+/t17-,18+/m1/s1. The van der Waals surface area contributed by atoms with Crippen molar-refractivity contribution in [2.45, 2.75) is 46.7 Å². The van der Waals surface area contributed by atoms with Gasteiger partial charge in [0.25, 0.3) is 0 Å². The Balaban J connectivity index is 2.47. The molecule has 148 valence electrons. The molecule has 0 bridgehead atoms. The predicted octanol–water partition coefficient (Wildman–Crippen LogP) is 4.12. The number of rotatable bonds is 6. The minimum atomic E-state index is -0.0806. The van der Waals surface area contributed by atoms with E-state index in [1.165, 1.54) is 4.90 Å². The van der Waals surface area contributed by atoms with E-state index < -0.39 is 0 Å². The predicted molar refractivity (Wildman–Crippen MR) is 112 cm³/mol. The monoisotopic (exact) mass is 410 g/mol. The minimum Gasteiger partial charge on any atom is -0.331 e. The molecule has 1 aromatic heterocycles. The first kappa shape index (κ1) is 21.9. The molecule has 2 rings (SSSR count). The molecule has 0 unspecified atom stereocenters. The van der Waals surface area contributed by atoms with E-state index in [-0.39, 0.29) is 17.5 Å². The largest absolute Gasteiger partial charge is 0.331 e. The number of halogens is 2. The van der Waals surface area contributed by atoms with Crippen LogP contribution in [-0.4, -0.2) is 34.3 Å². The number of quaternary nitrogens is 1. The molecular formula is C20H30Cl2N5+. The highest BCUT2D eigenvalue weighted by atomic mass is 35.5.